The molecule has 0 amide bonds. The van der Waals surface area contributed by atoms with Crippen molar-refractivity contribution in [2.24, 2.45) is 0 Å². The lowest BCUT2D eigenvalue weighted by molar-refractivity contribution is 1.11. The van der Waals surface area contributed by atoms with Crippen molar-refractivity contribution in [1.29, 1.82) is 0 Å². The lowest BCUT2D eigenvalue weighted by Crippen LogP contribution is -2.10. The Kier molecular flexibility index (Phi) is 6.10. The molecule has 9 aromatic rings. The summed E-state index contributed by atoms with van der Waals surface area (Å²) in [6, 6.07) is 57.9. The van der Waals surface area contributed by atoms with E-state index in [-0.39, 0.29) is 0 Å². The first-order valence-corrected chi connectivity index (χ1v) is 15.5. The van der Waals surface area contributed by atoms with E-state index in [9.17, 15) is 0 Å². The van der Waals surface area contributed by atoms with Crippen LogP contribution in [-0.4, -0.2) is 14.5 Å². The Labute approximate surface area is 266 Å². The molecule has 46 heavy (non-hydrogen) atoms. The van der Waals surface area contributed by atoms with Crippen LogP contribution in [0.5, 0.6) is 0 Å². The summed E-state index contributed by atoms with van der Waals surface area (Å²) < 4.78 is 2.24. The summed E-state index contributed by atoms with van der Waals surface area (Å²) in [5.41, 5.74) is 8.28. The summed E-state index contributed by atoms with van der Waals surface area (Å²) in [5, 5.41) is 5.96. The highest BCUT2D eigenvalue weighted by molar-refractivity contribution is 5.94. The molecule has 0 atom stereocenters. The molecular formula is C42H28N4. The van der Waals surface area contributed by atoms with E-state index in [2.05, 4.69) is 161 Å². The van der Waals surface area contributed by atoms with Crippen LogP contribution in [0, 0.1) is 0 Å². The molecule has 2 aromatic heterocycles. The van der Waals surface area contributed by atoms with Crippen molar-refractivity contribution in [2.75, 3.05) is 4.90 Å². The van der Waals surface area contributed by atoms with Crippen LogP contribution in [-0.2, 0) is 0 Å². The fourth-order valence-electron chi connectivity index (χ4n) is 6.57. The molecule has 0 aliphatic rings. The molecule has 2 heterocycles. The van der Waals surface area contributed by atoms with Gasteiger partial charge in [-0.25, -0.2) is 4.98 Å². The van der Waals surface area contributed by atoms with Gasteiger partial charge in [-0.05, 0) is 94.3 Å². The SMILES string of the molecule is c1ccc2cc(N(c3ccc(-c4nc5ccccc5n4-c4cccc5cccnc45)cc3)c3ccc4ccccc4c3)ccc2c1. The van der Waals surface area contributed by atoms with Gasteiger partial charge in [-0.3, -0.25) is 9.55 Å². The molecule has 9 rings (SSSR count). The first-order chi connectivity index (χ1) is 22.8. The maximum atomic E-state index is 5.15. The highest BCUT2D eigenvalue weighted by Crippen LogP contribution is 2.39. The number of anilines is 3. The molecule has 0 bridgehead atoms. The number of para-hydroxylation sites is 3. The lowest BCUT2D eigenvalue weighted by atomic mass is 10.1. The van der Waals surface area contributed by atoms with Crippen LogP contribution in [0.2, 0.25) is 0 Å². The zero-order chi connectivity index (χ0) is 30.5. The second-order valence-corrected chi connectivity index (χ2v) is 11.6. The molecule has 0 aliphatic heterocycles. The third-order valence-corrected chi connectivity index (χ3v) is 8.78. The number of hydrogen-bond acceptors (Lipinski definition) is 3. The second-order valence-electron chi connectivity index (χ2n) is 11.6. The van der Waals surface area contributed by atoms with Gasteiger partial charge in [0.2, 0.25) is 0 Å². The van der Waals surface area contributed by atoms with E-state index < -0.39 is 0 Å². The number of benzene rings is 7. The van der Waals surface area contributed by atoms with Crippen LogP contribution in [0.1, 0.15) is 0 Å². The van der Waals surface area contributed by atoms with Crippen LogP contribution in [0.25, 0.3) is 60.6 Å². The minimum absolute atomic E-state index is 0.883. The Balaban J connectivity index is 1.21. The van der Waals surface area contributed by atoms with Crippen molar-refractivity contribution in [3.63, 3.8) is 0 Å². The molecule has 0 fully saturated rings. The summed E-state index contributed by atoms with van der Waals surface area (Å²) in [7, 11) is 0. The number of aromatic nitrogens is 3. The third-order valence-electron chi connectivity index (χ3n) is 8.78. The predicted octanol–water partition coefficient (Wildman–Crippen LogP) is 11.0. The lowest BCUT2D eigenvalue weighted by Gasteiger charge is -2.26. The van der Waals surface area contributed by atoms with Crippen LogP contribution in [0.15, 0.2) is 170 Å². The molecule has 4 nitrogen and oxygen atoms in total. The molecule has 7 aromatic carbocycles. The van der Waals surface area contributed by atoms with Crippen molar-refractivity contribution in [3.8, 4) is 17.1 Å². The van der Waals surface area contributed by atoms with E-state index in [0.717, 1.165) is 56.1 Å². The summed E-state index contributed by atoms with van der Waals surface area (Å²) in [6.07, 6.45) is 1.85. The molecule has 0 unspecified atom stereocenters. The van der Waals surface area contributed by atoms with Crippen molar-refractivity contribution in [3.05, 3.63) is 170 Å². The fraction of sp³-hybridized carbons (Fsp3) is 0. The Morgan fingerprint density at radius 2 is 1.04 bits per heavy atom. The Morgan fingerprint density at radius 1 is 0.457 bits per heavy atom. The molecule has 4 heteroatoms. The van der Waals surface area contributed by atoms with E-state index in [1.54, 1.807) is 0 Å². The predicted molar refractivity (Wildman–Crippen MR) is 192 cm³/mol. The van der Waals surface area contributed by atoms with Gasteiger partial charge in [0.05, 0.1) is 22.2 Å². The molecular weight excluding hydrogens is 560 g/mol. The number of rotatable bonds is 5. The van der Waals surface area contributed by atoms with E-state index in [1.807, 2.05) is 18.3 Å². The van der Waals surface area contributed by atoms with Crippen LogP contribution in [0.3, 0.4) is 0 Å². The second kappa shape index (κ2) is 10.7. The summed E-state index contributed by atoms with van der Waals surface area (Å²) in [6.45, 7) is 0. The number of fused-ring (bicyclic) bond motifs is 4. The maximum Gasteiger partial charge on any atom is 0.145 e. The van der Waals surface area contributed by atoms with E-state index in [4.69, 9.17) is 9.97 Å². The van der Waals surface area contributed by atoms with Crippen molar-refractivity contribution < 1.29 is 0 Å². The monoisotopic (exact) mass is 588 g/mol. The largest absolute Gasteiger partial charge is 0.310 e. The fourth-order valence-corrected chi connectivity index (χ4v) is 6.57. The van der Waals surface area contributed by atoms with Crippen LogP contribution >= 0.6 is 0 Å². The zero-order valence-corrected chi connectivity index (χ0v) is 25.0. The first-order valence-electron chi connectivity index (χ1n) is 15.5. The van der Waals surface area contributed by atoms with Gasteiger partial charge >= 0.3 is 0 Å². The molecule has 216 valence electrons. The van der Waals surface area contributed by atoms with Crippen molar-refractivity contribution >= 4 is 60.5 Å². The molecule has 0 radical (unpaired) electrons. The third kappa shape index (κ3) is 4.39. The van der Waals surface area contributed by atoms with Gasteiger partial charge in [0.1, 0.15) is 5.82 Å². The quantitative estimate of drug-likeness (QED) is 0.201. The Bertz CT molecular complexity index is 2460. The van der Waals surface area contributed by atoms with Gasteiger partial charge in [-0.2, -0.15) is 0 Å². The average molecular weight is 589 g/mol. The highest BCUT2D eigenvalue weighted by Gasteiger charge is 2.18. The van der Waals surface area contributed by atoms with Gasteiger partial charge in [0.15, 0.2) is 0 Å². The number of pyridine rings is 1. The maximum absolute atomic E-state index is 5.15. The zero-order valence-electron chi connectivity index (χ0n) is 25.0. The molecule has 0 spiro atoms. The number of hydrogen-bond donors (Lipinski definition) is 0. The summed E-state index contributed by atoms with van der Waals surface area (Å²) in [5.74, 6) is 0.883. The van der Waals surface area contributed by atoms with Crippen molar-refractivity contribution in [1.82, 2.24) is 14.5 Å². The highest BCUT2D eigenvalue weighted by atomic mass is 15.1. The minimum Gasteiger partial charge on any atom is -0.310 e. The van der Waals surface area contributed by atoms with Gasteiger partial charge in [-0.1, -0.05) is 91.0 Å². The Hall–Kier alpha value is -6.26. The minimum atomic E-state index is 0.883. The van der Waals surface area contributed by atoms with E-state index >= 15 is 0 Å². The molecule has 0 saturated heterocycles. The van der Waals surface area contributed by atoms with Crippen molar-refractivity contribution in [2.45, 2.75) is 0 Å². The average Bonchev–Trinajstić information content (AvgIpc) is 3.51. The smallest absolute Gasteiger partial charge is 0.145 e. The number of nitrogens with zero attached hydrogens (tertiary/aromatic N) is 4. The topological polar surface area (TPSA) is 34.0 Å². The van der Waals surface area contributed by atoms with Gasteiger partial charge in [-0.15, -0.1) is 0 Å². The van der Waals surface area contributed by atoms with Crippen LogP contribution in [0.4, 0.5) is 17.1 Å². The van der Waals surface area contributed by atoms with Crippen LogP contribution < -0.4 is 4.90 Å². The molecule has 0 aliphatic carbocycles. The Morgan fingerprint density at radius 3 is 1.76 bits per heavy atom. The normalized spacial score (nSPS) is 11.5. The van der Waals surface area contributed by atoms with E-state index in [0.29, 0.717) is 0 Å². The first kappa shape index (κ1) is 26.2. The van der Waals surface area contributed by atoms with E-state index in [1.165, 1.54) is 21.5 Å². The summed E-state index contributed by atoms with van der Waals surface area (Å²) >= 11 is 0. The van der Waals surface area contributed by atoms with Gasteiger partial charge < -0.3 is 4.90 Å². The van der Waals surface area contributed by atoms with Gasteiger partial charge in [0.25, 0.3) is 0 Å². The van der Waals surface area contributed by atoms with Gasteiger partial charge in [0, 0.05) is 34.2 Å². The number of imidazole rings is 1. The molecule has 0 saturated carbocycles. The molecule has 0 N–H and O–H groups in total. The standard InChI is InChI=1S/C42H28N4/c1-3-11-33-27-36(24-18-29(33)9-1)45(37-25-19-30-10-2-4-12-34(30)28-37)35-22-20-32(21-23-35)42-44-38-15-5-6-16-39(38)46(42)40-17-7-13-31-14-8-26-43-41(31)40/h1-28H. The summed E-state index contributed by atoms with van der Waals surface area (Å²) in [4.78, 5) is 12.3.